The molecule has 0 spiro atoms. The van der Waals surface area contributed by atoms with Gasteiger partial charge in [0.15, 0.2) is 5.71 Å². The molecule has 154 valence electrons. The lowest BCUT2D eigenvalue weighted by atomic mass is 9.93. The molecule has 1 aromatic heterocycles. The maximum atomic E-state index is 2.25. The lowest BCUT2D eigenvalue weighted by Gasteiger charge is -2.16. The van der Waals surface area contributed by atoms with Gasteiger partial charge < -0.3 is 17.3 Å². The first-order valence-electron chi connectivity index (χ1n) is 9.86. The van der Waals surface area contributed by atoms with Gasteiger partial charge in [-0.25, -0.2) is 4.58 Å². The van der Waals surface area contributed by atoms with E-state index in [1.807, 2.05) is 11.3 Å². The number of hydrogen-bond acceptors (Lipinski definition) is 2. The van der Waals surface area contributed by atoms with Crippen LogP contribution in [-0.4, -0.2) is 38.5 Å². The SMILES string of the molecule is Cc1c(C(=C2C=CC(=[N+](C)C)C=C2)c2ccc(N(C)C)cc2)sc2ccccc12.[Cl-]. The van der Waals surface area contributed by atoms with Crippen molar-refractivity contribution in [3.8, 4) is 0 Å². The Labute approximate surface area is 189 Å². The highest BCUT2D eigenvalue weighted by Crippen LogP contribution is 2.40. The number of benzene rings is 2. The van der Waals surface area contributed by atoms with Crippen LogP contribution in [-0.2, 0) is 0 Å². The molecule has 0 saturated heterocycles. The third-order valence-electron chi connectivity index (χ3n) is 5.42. The third-order valence-corrected chi connectivity index (χ3v) is 6.71. The molecule has 0 aliphatic heterocycles. The van der Waals surface area contributed by atoms with Crippen molar-refractivity contribution in [2.75, 3.05) is 33.1 Å². The molecule has 1 aliphatic rings. The Balaban J connectivity index is 0.00000256. The minimum Gasteiger partial charge on any atom is -1.00 e. The molecule has 0 unspecified atom stereocenters. The molecule has 2 aromatic carbocycles. The van der Waals surface area contributed by atoms with E-state index in [0.717, 1.165) is 0 Å². The second kappa shape index (κ2) is 9.03. The van der Waals surface area contributed by atoms with E-state index in [0.29, 0.717) is 0 Å². The number of allylic oxidation sites excluding steroid dienone is 5. The Hall–Kier alpha value is -2.62. The second-order valence-corrected chi connectivity index (χ2v) is 8.86. The number of anilines is 1. The molecule has 30 heavy (non-hydrogen) atoms. The Morgan fingerprint density at radius 1 is 0.867 bits per heavy atom. The average Bonchev–Trinajstić information content (AvgIpc) is 3.05. The lowest BCUT2D eigenvalue weighted by molar-refractivity contribution is -0.462. The van der Waals surface area contributed by atoms with Crippen LogP contribution in [0.1, 0.15) is 16.0 Å². The van der Waals surface area contributed by atoms with Gasteiger partial charge in [0, 0.05) is 47.1 Å². The number of fused-ring (bicyclic) bond motifs is 1. The molecule has 1 aliphatic carbocycles. The zero-order valence-corrected chi connectivity index (χ0v) is 19.7. The highest BCUT2D eigenvalue weighted by atomic mass is 35.5. The summed E-state index contributed by atoms with van der Waals surface area (Å²) in [4.78, 5) is 3.49. The number of aryl methyl sites for hydroxylation is 1. The summed E-state index contributed by atoms with van der Waals surface area (Å²) in [6, 6.07) is 17.6. The molecule has 4 rings (SSSR count). The number of nitrogens with zero attached hydrogens (tertiary/aromatic N) is 2. The minimum atomic E-state index is 0. The van der Waals surface area contributed by atoms with Gasteiger partial charge in [-0.15, -0.1) is 11.3 Å². The van der Waals surface area contributed by atoms with Crippen molar-refractivity contribution >= 4 is 38.4 Å². The van der Waals surface area contributed by atoms with Crippen molar-refractivity contribution in [3.63, 3.8) is 0 Å². The van der Waals surface area contributed by atoms with Gasteiger partial charge in [0.05, 0.1) is 0 Å². The van der Waals surface area contributed by atoms with Crippen molar-refractivity contribution in [2.24, 2.45) is 0 Å². The summed E-state index contributed by atoms with van der Waals surface area (Å²) in [5.74, 6) is 0. The van der Waals surface area contributed by atoms with Gasteiger partial charge in [-0.1, -0.05) is 30.3 Å². The number of thiophene rings is 1. The van der Waals surface area contributed by atoms with Gasteiger partial charge in [-0.2, -0.15) is 0 Å². The van der Waals surface area contributed by atoms with Crippen LogP contribution >= 0.6 is 11.3 Å². The zero-order chi connectivity index (χ0) is 20.5. The lowest BCUT2D eigenvalue weighted by Crippen LogP contribution is -3.00. The van der Waals surface area contributed by atoms with E-state index >= 15 is 0 Å². The molecule has 0 N–H and O–H groups in total. The summed E-state index contributed by atoms with van der Waals surface area (Å²) < 4.78 is 3.48. The Kier molecular flexibility index (Phi) is 6.64. The summed E-state index contributed by atoms with van der Waals surface area (Å²) >= 11 is 1.88. The van der Waals surface area contributed by atoms with Crippen LogP contribution in [0.2, 0.25) is 0 Å². The van der Waals surface area contributed by atoms with Gasteiger partial charge in [-0.05, 0) is 59.4 Å². The predicted molar refractivity (Wildman–Crippen MR) is 129 cm³/mol. The summed E-state index contributed by atoms with van der Waals surface area (Å²) in [5, 5.41) is 1.35. The maximum absolute atomic E-state index is 2.25. The first-order valence-corrected chi connectivity index (χ1v) is 10.7. The fourth-order valence-corrected chi connectivity index (χ4v) is 4.99. The van der Waals surface area contributed by atoms with Crippen molar-refractivity contribution in [1.29, 1.82) is 0 Å². The second-order valence-electron chi connectivity index (χ2n) is 7.81. The first kappa shape index (κ1) is 22.1. The van der Waals surface area contributed by atoms with Gasteiger partial charge in [-0.3, -0.25) is 0 Å². The number of hydrogen-bond donors (Lipinski definition) is 0. The molecule has 0 bridgehead atoms. The van der Waals surface area contributed by atoms with E-state index in [1.54, 1.807) is 0 Å². The molecule has 0 fully saturated rings. The summed E-state index contributed by atoms with van der Waals surface area (Å²) in [7, 11) is 8.32. The van der Waals surface area contributed by atoms with E-state index in [9.17, 15) is 0 Å². The van der Waals surface area contributed by atoms with E-state index in [4.69, 9.17) is 0 Å². The first-order chi connectivity index (χ1) is 14.0. The van der Waals surface area contributed by atoms with E-state index in [-0.39, 0.29) is 12.4 Å². The van der Waals surface area contributed by atoms with Crippen molar-refractivity contribution in [3.05, 3.63) is 94.4 Å². The highest BCUT2D eigenvalue weighted by molar-refractivity contribution is 7.20. The molecule has 1 heterocycles. The molecule has 3 aromatic rings. The largest absolute Gasteiger partial charge is 1.00 e. The molecular formula is C26H27ClN2S. The maximum Gasteiger partial charge on any atom is 0.199 e. The van der Waals surface area contributed by atoms with Crippen LogP contribution in [0, 0.1) is 6.92 Å². The van der Waals surface area contributed by atoms with E-state index in [2.05, 4.69) is 117 Å². The van der Waals surface area contributed by atoms with Crippen LogP contribution in [0.5, 0.6) is 0 Å². The summed E-state index contributed by atoms with van der Waals surface area (Å²) in [6.45, 7) is 2.25. The smallest absolute Gasteiger partial charge is 0.199 e. The van der Waals surface area contributed by atoms with Gasteiger partial charge in [0.1, 0.15) is 14.1 Å². The molecule has 4 heteroatoms. The normalized spacial score (nSPS) is 12.8. The van der Waals surface area contributed by atoms with Gasteiger partial charge in [0.25, 0.3) is 0 Å². The van der Waals surface area contributed by atoms with E-state index in [1.165, 1.54) is 48.6 Å². The molecule has 0 amide bonds. The van der Waals surface area contributed by atoms with Crippen molar-refractivity contribution < 1.29 is 17.0 Å². The average molecular weight is 435 g/mol. The van der Waals surface area contributed by atoms with Crippen molar-refractivity contribution in [2.45, 2.75) is 6.92 Å². The summed E-state index contributed by atoms with van der Waals surface area (Å²) in [5.41, 5.74) is 7.59. The monoisotopic (exact) mass is 434 g/mol. The van der Waals surface area contributed by atoms with Crippen LogP contribution in [0.4, 0.5) is 5.69 Å². The number of rotatable bonds is 3. The topological polar surface area (TPSA) is 6.25 Å². The zero-order valence-electron chi connectivity index (χ0n) is 18.1. The van der Waals surface area contributed by atoms with E-state index < -0.39 is 0 Å². The van der Waals surface area contributed by atoms with Gasteiger partial charge >= 0.3 is 0 Å². The van der Waals surface area contributed by atoms with Crippen LogP contribution in [0.3, 0.4) is 0 Å². The molecule has 2 nitrogen and oxygen atoms in total. The fourth-order valence-electron chi connectivity index (χ4n) is 3.69. The molecule has 0 radical (unpaired) electrons. The Bertz CT molecular complexity index is 1170. The summed E-state index contributed by atoms with van der Waals surface area (Å²) in [6.07, 6.45) is 8.89. The van der Waals surface area contributed by atoms with Crippen LogP contribution in [0.25, 0.3) is 15.7 Å². The highest BCUT2D eigenvalue weighted by Gasteiger charge is 2.18. The standard InChI is InChI=1S/C26H27N2S.ClH/c1-18-23-8-6-7-9-24(23)29-26(18)25(19-10-14-21(15-11-19)27(2)3)20-12-16-22(17-13-20)28(4)5;/h6-17H,1-5H3;1H/q+1;/p-1. The predicted octanol–water partition coefficient (Wildman–Crippen LogP) is 2.92. The molecule has 0 atom stereocenters. The van der Waals surface area contributed by atoms with Crippen molar-refractivity contribution in [1.82, 2.24) is 0 Å². The van der Waals surface area contributed by atoms with Crippen LogP contribution < -0.4 is 17.3 Å². The molecular weight excluding hydrogens is 408 g/mol. The minimum absolute atomic E-state index is 0. The Morgan fingerprint density at radius 2 is 1.50 bits per heavy atom. The number of halogens is 1. The van der Waals surface area contributed by atoms with Crippen LogP contribution in [0.15, 0.2) is 78.4 Å². The quantitative estimate of drug-likeness (QED) is 0.574. The molecule has 0 saturated carbocycles. The Morgan fingerprint density at radius 3 is 2.07 bits per heavy atom. The fraction of sp³-hybridized carbons (Fsp3) is 0.192. The third kappa shape index (κ3) is 4.14. The van der Waals surface area contributed by atoms with Gasteiger partial charge in [0.2, 0.25) is 0 Å².